The highest BCUT2D eigenvalue weighted by molar-refractivity contribution is 5.23. The van der Waals surface area contributed by atoms with Crippen LogP contribution in [0.4, 0.5) is 4.39 Å². The predicted octanol–water partition coefficient (Wildman–Crippen LogP) is 2.80. The third-order valence-corrected chi connectivity index (χ3v) is 3.47. The third-order valence-electron chi connectivity index (χ3n) is 3.47. The van der Waals surface area contributed by atoms with Crippen LogP contribution in [0.25, 0.3) is 0 Å². The molecule has 2 nitrogen and oxygen atoms in total. The topological polar surface area (TPSA) is 29.3 Å². The van der Waals surface area contributed by atoms with Crippen LogP contribution in [0, 0.1) is 24.6 Å². The SMILES string of the molecule is Cc1cc(CN(C)CC(CN)C(C)C)ccc1F. The van der Waals surface area contributed by atoms with Gasteiger partial charge in [0.15, 0.2) is 0 Å². The molecule has 1 atom stereocenters. The van der Waals surface area contributed by atoms with Crippen molar-refractivity contribution >= 4 is 0 Å². The van der Waals surface area contributed by atoms with E-state index in [2.05, 4.69) is 25.8 Å². The molecular weight excluding hydrogens is 227 g/mol. The highest BCUT2D eigenvalue weighted by Crippen LogP contribution is 2.14. The maximum Gasteiger partial charge on any atom is 0.126 e. The van der Waals surface area contributed by atoms with Crippen molar-refractivity contribution in [1.29, 1.82) is 0 Å². The molecule has 1 aromatic rings. The Morgan fingerprint density at radius 2 is 2.00 bits per heavy atom. The molecule has 0 aliphatic carbocycles. The molecule has 1 aromatic carbocycles. The van der Waals surface area contributed by atoms with Gasteiger partial charge in [0.25, 0.3) is 0 Å². The van der Waals surface area contributed by atoms with Crippen molar-refractivity contribution < 1.29 is 4.39 Å². The van der Waals surface area contributed by atoms with E-state index in [-0.39, 0.29) is 5.82 Å². The molecule has 18 heavy (non-hydrogen) atoms. The van der Waals surface area contributed by atoms with Crippen LogP contribution < -0.4 is 5.73 Å². The van der Waals surface area contributed by atoms with Crippen LogP contribution in [-0.4, -0.2) is 25.0 Å². The molecule has 0 aliphatic rings. The maximum absolute atomic E-state index is 13.2. The number of benzene rings is 1. The fourth-order valence-electron chi connectivity index (χ4n) is 2.14. The first-order chi connectivity index (χ1) is 8.43. The third kappa shape index (κ3) is 4.39. The van der Waals surface area contributed by atoms with Crippen molar-refractivity contribution in [1.82, 2.24) is 4.90 Å². The second kappa shape index (κ2) is 6.86. The largest absolute Gasteiger partial charge is 0.330 e. The Balaban J connectivity index is 2.58. The van der Waals surface area contributed by atoms with Crippen LogP contribution >= 0.6 is 0 Å². The molecule has 0 amide bonds. The van der Waals surface area contributed by atoms with Crippen molar-refractivity contribution in [2.24, 2.45) is 17.6 Å². The fourth-order valence-corrected chi connectivity index (χ4v) is 2.14. The lowest BCUT2D eigenvalue weighted by molar-refractivity contribution is 0.234. The number of hydrogen-bond acceptors (Lipinski definition) is 2. The van der Waals surface area contributed by atoms with Crippen molar-refractivity contribution in [3.63, 3.8) is 0 Å². The summed E-state index contributed by atoms with van der Waals surface area (Å²) in [6.45, 7) is 8.73. The minimum absolute atomic E-state index is 0.136. The van der Waals surface area contributed by atoms with Crippen LogP contribution in [-0.2, 0) is 6.54 Å². The van der Waals surface area contributed by atoms with E-state index in [1.165, 1.54) is 0 Å². The Bertz CT molecular complexity index is 377. The lowest BCUT2D eigenvalue weighted by Gasteiger charge is -2.25. The van der Waals surface area contributed by atoms with E-state index in [0.717, 1.165) is 18.7 Å². The summed E-state index contributed by atoms with van der Waals surface area (Å²) in [5, 5.41) is 0. The summed E-state index contributed by atoms with van der Waals surface area (Å²) < 4.78 is 13.2. The van der Waals surface area contributed by atoms with Gasteiger partial charge in [-0.1, -0.05) is 26.0 Å². The molecule has 0 spiro atoms. The molecule has 0 heterocycles. The maximum atomic E-state index is 13.2. The first-order valence-electron chi connectivity index (χ1n) is 6.57. The summed E-state index contributed by atoms with van der Waals surface area (Å²) in [6.07, 6.45) is 0. The number of halogens is 1. The molecule has 0 radical (unpaired) electrons. The van der Waals surface area contributed by atoms with E-state index in [1.54, 1.807) is 13.0 Å². The highest BCUT2D eigenvalue weighted by Gasteiger charge is 2.14. The van der Waals surface area contributed by atoms with Crippen LogP contribution in [0.2, 0.25) is 0 Å². The summed E-state index contributed by atoms with van der Waals surface area (Å²) in [6, 6.07) is 5.31. The summed E-state index contributed by atoms with van der Waals surface area (Å²) in [7, 11) is 2.09. The minimum atomic E-state index is -0.136. The summed E-state index contributed by atoms with van der Waals surface area (Å²) in [4.78, 5) is 2.25. The van der Waals surface area contributed by atoms with Gasteiger partial charge in [-0.2, -0.15) is 0 Å². The lowest BCUT2D eigenvalue weighted by atomic mass is 9.95. The first kappa shape index (κ1) is 15.1. The van der Waals surface area contributed by atoms with Gasteiger partial charge in [-0.05, 0) is 49.5 Å². The van der Waals surface area contributed by atoms with Crippen LogP contribution in [0.15, 0.2) is 18.2 Å². The van der Waals surface area contributed by atoms with Crippen molar-refractivity contribution in [2.75, 3.05) is 20.1 Å². The predicted molar refractivity (Wildman–Crippen MR) is 74.9 cm³/mol. The Morgan fingerprint density at radius 3 is 2.50 bits per heavy atom. The molecule has 0 saturated carbocycles. The zero-order chi connectivity index (χ0) is 13.7. The Morgan fingerprint density at radius 1 is 1.33 bits per heavy atom. The Hall–Kier alpha value is -0.930. The van der Waals surface area contributed by atoms with Gasteiger partial charge in [-0.25, -0.2) is 4.39 Å². The van der Waals surface area contributed by atoms with Gasteiger partial charge in [0.05, 0.1) is 0 Å². The molecule has 3 heteroatoms. The summed E-state index contributed by atoms with van der Waals surface area (Å²) in [5.41, 5.74) is 7.64. The molecule has 1 rings (SSSR count). The van der Waals surface area contributed by atoms with Gasteiger partial charge in [0.1, 0.15) is 5.82 Å². The van der Waals surface area contributed by atoms with E-state index in [0.29, 0.717) is 23.9 Å². The number of nitrogens with two attached hydrogens (primary N) is 1. The Kier molecular flexibility index (Phi) is 5.76. The molecular formula is C15H25FN2. The van der Waals surface area contributed by atoms with E-state index in [9.17, 15) is 4.39 Å². The van der Waals surface area contributed by atoms with Gasteiger partial charge >= 0.3 is 0 Å². The number of nitrogens with zero attached hydrogens (tertiary/aromatic N) is 1. The molecule has 0 aromatic heterocycles. The zero-order valence-corrected chi connectivity index (χ0v) is 11.9. The van der Waals surface area contributed by atoms with Crippen LogP contribution in [0.5, 0.6) is 0 Å². The normalized spacial score (nSPS) is 13.3. The summed E-state index contributed by atoms with van der Waals surface area (Å²) in [5.74, 6) is 0.965. The van der Waals surface area contributed by atoms with Crippen LogP contribution in [0.3, 0.4) is 0 Å². The van der Waals surface area contributed by atoms with Crippen molar-refractivity contribution in [3.8, 4) is 0 Å². The average molecular weight is 252 g/mol. The van der Waals surface area contributed by atoms with Gasteiger partial charge in [0, 0.05) is 13.1 Å². The second-order valence-corrected chi connectivity index (χ2v) is 5.52. The van der Waals surface area contributed by atoms with E-state index in [4.69, 9.17) is 5.73 Å². The second-order valence-electron chi connectivity index (χ2n) is 5.52. The molecule has 1 unspecified atom stereocenters. The van der Waals surface area contributed by atoms with E-state index in [1.807, 2.05) is 12.1 Å². The number of hydrogen-bond donors (Lipinski definition) is 1. The molecule has 2 N–H and O–H groups in total. The smallest absolute Gasteiger partial charge is 0.126 e. The Labute approximate surface area is 110 Å². The molecule has 0 fully saturated rings. The molecule has 0 bridgehead atoms. The van der Waals surface area contributed by atoms with Gasteiger partial charge in [-0.3, -0.25) is 0 Å². The lowest BCUT2D eigenvalue weighted by Crippen LogP contribution is -2.32. The minimum Gasteiger partial charge on any atom is -0.330 e. The van der Waals surface area contributed by atoms with Gasteiger partial charge in [0.2, 0.25) is 0 Å². The van der Waals surface area contributed by atoms with Crippen LogP contribution in [0.1, 0.15) is 25.0 Å². The quantitative estimate of drug-likeness (QED) is 0.843. The van der Waals surface area contributed by atoms with E-state index < -0.39 is 0 Å². The molecule has 0 aliphatic heterocycles. The standard InChI is InChI=1S/C15H25FN2/c1-11(2)14(8-17)10-18(4)9-13-5-6-15(16)12(3)7-13/h5-7,11,14H,8-10,17H2,1-4H3. The first-order valence-corrected chi connectivity index (χ1v) is 6.57. The van der Waals surface area contributed by atoms with Gasteiger partial charge < -0.3 is 10.6 Å². The zero-order valence-electron chi connectivity index (χ0n) is 11.9. The molecule has 102 valence electrons. The van der Waals surface area contributed by atoms with Gasteiger partial charge in [-0.15, -0.1) is 0 Å². The average Bonchev–Trinajstić information content (AvgIpc) is 2.30. The number of rotatable bonds is 6. The van der Waals surface area contributed by atoms with Crippen molar-refractivity contribution in [3.05, 3.63) is 35.1 Å². The highest BCUT2D eigenvalue weighted by atomic mass is 19.1. The summed E-state index contributed by atoms with van der Waals surface area (Å²) >= 11 is 0. The number of aryl methyl sites for hydroxylation is 1. The fraction of sp³-hybridized carbons (Fsp3) is 0.600. The molecule has 0 saturated heterocycles. The van der Waals surface area contributed by atoms with E-state index >= 15 is 0 Å². The van der Waals surface area contributed by atoms with Crippen molar-refractivity contribution in [2.45, 2.75) is 27.3 Å². The monoisotopic (exact) mass is 252 g/mol.